The lowest BCUT2D eigenvalue weighted by atomic mass is 10.2. The van der Waals surface area contributed by atoms with Crippen molar-refractivity contribution in [2.45, 2.75) is 38.7 Å². The molecule has 1 unspecified atom stereocenters. The van der Waals surface area contributed by atoms with Gasteiger partial charge in [0.05, 0.1) is 5.56 Å². The minimum absolute atomic E-state index is 0.0710. The van der Waals surface area contributed by atoms with E-state index in [2.05, 4.69) is 5.32 Å². The number of nitrogens with one attached hydrogen (secondary N) is 1. The van der Waals surface area contributed by atoms with Gasteiger partial charge < -0.3 is 19.5 Å². The number of anilines is 1. The van der Waals surface area contributed by atoms with Crippen LogP contribution in [0, 0.1) is 0 Å². The van der Waals surface area contributed by atoms with E-state index in [0.29, 0.717) is 24.4 Å². The molecule has 1 aromatic heterocycles. The molecule has 7 heteroatoms. The lowest BCUT2D eigenvalue weighted by Crippen LogP contribution is -2.35. The minimum Gasteiger partial charge on any atom is -0.481 e. The standard InChI is InChI=1S/C22H27N3O4/c1-16(29-18-10-6-5-7-11-18)20(26)23-19-14-17(15-24(2)22(19)28)21(27)25-12-8-3-4-9-13-25/h5-7,10-11,14-16H,3-4,8-9,12-13H2,1-2H3,(H,23,26). The van der Waals surface area contributed by atoms with Crippen LogP contribution in [0.25, 0.3) is 0 Å². The number of nitrogens with zero attached hydrogens (tertiary/aromatic N) is 2. The van der Waals surface area contributed by atoms with Gasteiger partial charge >= 0.3 is 0 Å². The Morgan fingerprint density at radius 2 is 1.72 bits per heavy atom. The van der Waals surface area contributed by atoms with E-state index >= 15 is 0 Å². The Balaban J connectivity index is 1.75. The quantitative estimate of drug-likeness (QED) is 0.841. The topological polar surface area (TPSA) is 80.6 Å². The number of pyridine rings is 1. The van der Waals surface area contributed by atoms with Gasteiger partial charge in [-0.15, -0.1) is 0 Å². The summed E-state index contributed by atoms with van der Waals surface area (Å²) in [6.07, 6.45) is 4.93. The average molecular weight is 397 g/mol. The minimum atomic E-state index is -0.799. The Morgan fingerprint density at radius 1 is 1.07 bits per heavy atom. The average Bonchev–Trinajstić information content (AvgIpc) is 3.01. The molecule has 2 heterocycles. The number of rotatable bonds is 5. The molecule has 1 N–H and O–H groups in total. The van der Waals surface area contributed by atoms with E-state index in [-0.39, 0.29) is 17.2 Å². The van der Waals surface area contributed by atoms with E-state index in [1.54, 1.807) is 26.1 Å². The molecule has 1 saturated heterocycles. The van der Waals surface area contributed by atoms with E-state index in [0.717, 1.165) is 25.7 Å². The highest BCUT2D eigenvalue weighted by molar-refractivity contribution is 5.98. The van der Waals surface area contributed by atoms with Crippen LogP contribution in [-0.4, -0.2) is 40.5 Å². The van der Waals surface area contributed by atoms with Crippen LogP contribution >= 0.6 is 0 Å². The van der Waals surface area contributed by atoms with E-state index in [9.17, 15) is 14.4 Å². The van der Waals surface area contributed by atoms with Crippen LogP contribution < -0.4 is 15.6 Å². The molecule has 29 heavy (non-hydrogen) atoms. The third-order valence-electron chi connectivity index (χ3n) is 5.01. The molecule has 0 spiro atoms. The molecule has 2 amide bonds. The number of likely N-dealkylation sites (tertiary alicyclic amines) is 1. The summed E-state index contributed by atoms with van der Waals surface area (Å²) in [5.41, 5.74) is 0.0836. The molecule has 1 atom stereocenters. The summed E-state index contributed by atoms with van der Waals surface area (Å²) in [4.78, 5) is 39.7. The number of ether oxygens (including phenoxy) is 1. The van der Waals surface area contributed by atoms with Gasteiger partial charge in [0.25, 0.3) is 17.4 Å². The zero-order valence-corrected chi connectivity index (χ0v) is 16.9. The number of benzene rings is 1. The third-order valence-corrected chi connectivity index (χ3v) is 5.01. The SMILES string of the molecule is CC(Oc1ccccc1)C(=O)Nc1cc(C(=O)N2CCCCCC2)cn(C)c1=O. The fourth-order valence-corrected chi connectivity index (χ4v) is 3.37. The maximum atomic E-state index is 12.9. The summed E-state index contributed by atoms with van der Waals surface area (Å²) in [6, 6.07) is 10.4. The Labute approximate surface area is 170 Å². The van der Waals surface area contributed by atoms with Crippen LogP contribution in [0.1, 0.15) is 43.0 Å². The van der Waals surface area contributed by atoms with E-state index in [1.165, 1.54) is 16.8 Å². The Morgan fingerprint density at radius 3 is 2.38 bits per heavy atom. The molecule has 0 aliphatic carbocycles. The first-order chi connectivity index (χ1) is 14.0. The molecular weight excluding hydrogens is 370 g/mol. The predicted molar refractivity (Wildman–Crippen MR) is 111 cm³/mol. The van der Waals surface area contributed by atoms with Gasteiger partial charge in [0.1, 0.15) is 11.4 Å². The molecular formula is C22H27N3O4. The number of carbonyl (C=O) groups excluding carboxylic acids is 2. The summed E-state index contributed by atoms with van der Waals surface area (Å²) >= 11 is 0. The summed E-state index contributed by atoms with van der Waals surface area (Å²) in [5.74, 6) is -0.00921. The normalized spacial score (nSPS) is 15.3. The van der Waals surface area contributed by atoms with Crippen LogP contribution in [0.5, 0.6) is 5.75 Å². The fraction of sp³-hybridized carbons (Fsp3) is 0.409. The van der Waals surface area contributed by atoms with Crippen LogP contribution in [0.2, 0.25) is 0 Å². The summed E-state index contributed by atoms with van der Waals surface area (Å²) < 4.78 is 6.93. The Kier molecular flexibility index (Phi) is 6.69. The fourth-order valence-electron chi connectivity index (χ4n) is 3.37. The van der Waals surface area contributed by atoms with Crippen molar-refractivity contribution < 1.29 is 14.3 Å². The van der Waals surface area contributed by atoms with Crippen LogP contribution in [0.3, 0.4) is 0 Å². The Hall–Kier alpha value is -3.09. The first kappa shape index (κ1) is 20.6. The number of aromatic nitrogens is 1. The molecule has 0 bridgehead atoms. The zero-order valence-electron chi connectivity index (χ0n) is 16.9. The highest BCUT2D eigenvalue weighted by Gasteiger charge is 2.21. The molecule has 3 rings (SSSR count). The molecule has 1 aliphatic rings. The van der Waals surface area contributed by atoms with Gasteiger partial charge in [-0.3, -0.25) is 14.4 Å². The van der Waals surface area contributed by atoms with Crippen LogP contribution in [0.15, 0.2) is 47.4 Å². The number of hydrogen-bond acceptors (Lipinski definition) is 4. The van der Waals surface area contributed by atoms with Crippen molar-refractivity contribution in [1.29, 1.82) is 0 Å². The van der Waals surface area contributed by atoms with Crippen molar-refractivity contribution in [3.8, 4) is 5.75 Å². The second kappa shape index (κ2) is 9.41. The second-order valence-corrected chi connectivity index (χ2v) is 7.33. The van der Waals surface area contributed by atoms with Gasteiger partial charge in [0.2, 0.25) is 0 Å². The van der Waals surface area contributed by atoms with Gasteiger partial charge in [-0.25, -0.2) is 0 Å². The first-order valence-corrected chi connectivity index (χ1v) is 9.98. The molecule has 0 saturated carbocycles. The molecule has 1 aromatic carbocycles. The highest BCUT2D eigenvalue weighted by Crippen LogP contribution is 2.15. The smallest absolute Gasteiger partial charge is 0.274 e. The van der Waals surface area contributed by atoms with E-state index < -0.39 is 12.0 Å². The monoisotopic (exact) mass is 397 g/mol. The highest BCUT2D eigenvalue weighted by atomic mass is 16.5. The van der Waals surface area contributed by atoms with Gasteiger partial charge in [0.15, 0.2) is 6.10 Å². The summed E-state index contributed by atoms with van der Waals surface area (Å²) in [5, 5.41) is 2.61. The lowest BCUT2D eigenvalue weighted by Gasteiger charge is -2.21. The third kappa shape index (κ3) is 5.25. The molecule has 1 aliphatic heterocycles. The molecule has 154 valence electrons. The second-order valence-electron chi connectivity index (χ2n) is 7.33. The number of para-hydroxylation sites is 1. The van der Waals surface area contributed by atoms with Crippen molar-refractivity contribution in [3.63, 3.8) is 0 Å². The lowest BCUT2D eigenvalue weighted by molar-refractivity contribution is -0.122. The summed E-state index contributed by atoms with van der Waals surface area (Å²) in [6.45, 7) is 3.04. The van der Waals surface area contributed by atoms with Crippen molar-refractivity contribution in [2.24, 2.45) is 7.05 Å². The van der Waals surface area contributed by atoms with Crippen LogP contribution in [0.4, 0.5) is 5.69 Å². The summed E-state index contributed by atoms with van der Waals surface area (Å²) in [7, 11) is 1.57. The largest absolute Gasteiger partial charge is 0.481 e. The van der Waals surface area contributed by atoms with Crippen molar-refractivity contribution in [2.75, 3.05) is 18.4 Å². The maximum absolute atomic E-state index is 12.9. The van der Waals surface area contributed by atoms with Crippen molar-refractivity contribution in [1.82, 2.24) is 9.47 Å². The number of aryl methyl sites for hydroxylation is 1. The van der Waals surface area contributed by atoms with Crippen LogP contribution in [-0.2, 0) is 11.8 Å². The van der Waals surface area contributed by atoms with Gasteiger partial charge in [-0.1, -0.05) is 31.0 Å². The maximum Gasteiger partial charge on any atom is 0.274 e. The zero-order chi connectivity index (χ0) is 20.8. The number of hydrogen-bond donors (Lipinski definition) is 1. The molecule has 7 nitrogen and oxygen atoms in total. The van der Waals surface area contributed by atoms with Crippen molar-refractivity contribution in [3.05, 3.63) is 58.5 Å². The first-order valence-electron chi connectivity index (χ1n) is 9.98. The van der Waals surface area contributed by atoms with Gasteiger partial charge in [-0.05, 0) is 38.0 Å². The number of carbonyl (C=O) groups is 2. The predicted octanol–water partition coefficient (Wildman–Crippen LogP) is 2.81. The van der Waals surface area contributed by atoms with Gasteiger partial charge in [-0.2, -0.15) is 0 Å². The van der Waals surface area contributed by atoms with E-state index in [1.807, 2.05) is 23.1 Å². The van der Waals surface area contributed by atoms with E-state index in [4.69, 9.17) is 4.74 Å². The molecule has 1 fully saturated rings. The van der Waals surface area contributed by atoms with Gasteiger partial charge in [0, 0.05) is 26.3 Å². The number of amides is 2. The Bertz CT molecular complexity index is 915. The molecule has 2 aromatic rings. The molecule has 0 radical (unpaired) electrons. The van der Waals surface area contributed by atoms with Crippen molar-refractivity contribution >= 4 is 17.5 Å².